The summed E-state index contributed by atoms with van der Waals surface area (Å²) in [5.74, 6) is -11.3. The molecule has 3 nitrogen and oxygen atoms in total. The molecule has 0 aliphatic rings. The van der Waals surface area contributed by atoms with Gasteiger partial charge in [-0.15, -0.1) is 0 Å². The van der Waals surface area contributed by atoms with E-state index in [1.165, 1.54) is 6.92 Å². The van der Waals surface area contributed by atoms with E-state index in [0.29, 0.717) is 12.1 Å². The molecule has 2 N–H and O–H groups in total. The standard InChI is InChI=1S/C11H10F5NO2/c1-2-19-10(18)11(15,16)9(17)7-5(12)3-4-6(13)8(7)14/h3-4,9H,2,17H2,1H3/t9-/m0/s1. The van der Waals surface area contributed by atoms with Gasteiger partial charge in [0.1, 0.15) is 11.9 Å². The van der Waals surface area contributed by atoms with Crippen LogP contribution in [0.25, 0.3) is 0 Å². The van der Waals surface area contributed by atoms with Crippen LogP contribution in [0.15, 0.2) is 12.1 Å². The number of carbonyl (C=O) groups excluding carboxylic acids is 1. The minimum atomic E-state index is -4.38. The molecule has 8 heteroatoms. The van der Waals surface area contributed by atoms with E-state index < -0.39 is 40.9 Å². The van der Waals surface area contributed by atoms with Crippen LogP contribution in [0.5, 0.6) is 0 Å². The maximum absolute atomic E-state index is 13.5. The van der Waals surface area contributed by atoms with Crippen molar-refractivity contribution in [2.24, 2.45) is 5.73 Å². The van der Waals surface area contributed by atoms with Crippen LogP contribution in [-0.4, -0.2) is 18.5 Å². The minimum Gasteiger partial charge on any atom is -0.462 e. The number of rotatable bonds is 4. The highest BCUT2D eigenvalue weighted by atomic mass is 19.3. The molecule has 106 valence electrons. The first-order chi connectivity index (χ1) is 8.73. The molecule has 0 spiro atoms. The van der Waals surface area contributed by atoms with Gasteiger partial charge in [-0.3, -0.25) is 0 Å². The minimum absolute atomic E-state index is 0.366. The predicted octanol–water partition coefficient (Wildman–Crippen LogP) is 2.30. The molecule has 0 bridgehead atoms. The Hall–Kier alpha value is -1.70. The summed E-state index contributed by atoms with van der Waals surface area (Å²) < 4.78 is 70.6. The topological polar surface area (TPSA) is 52.3 Å². The van der Waals surface area contributed by atoms with Gasteiger partial charge in [-0.05, 0) is 19.1 Å². The van der Waals surface area contributed by atoms with Gasteiger partial charge in [-0.25, -0.2) is 18.0 Å². The summed E-state index contributed by atoms with van der Waals surface area (Å²) >= 11 is 0. The molecule has 1 rings (SSSR count). The summed E-state index contributed by atoms with van der Waals surface area (Å²) in [6.07, 6.45) is 0. The van der Waals surface area contributed by atoms with Gasteiger partial charge in [0, 0.05) is 0 Å². The highest BCUT2D eigenvalue weighted by Gasteiger charge is 2.49. The number of hydrogen-bond donors (Lipinski definition) is 1. The molecule has 0 aromatic heterocycles. The Morgan fingerprint density at radius 1 is 1.32 bits per heavy atom. The monoisotopic (exact) mass is 283 g/mol. The van der Waals surface area contributed by atoms with Gasteiger partial charge < -0.3 is 10.5 Å². The number of benzene rings is 1. The van der Waals surface area contributed by atoms with E-state index in [-0.39, 0.29) is 6.61 Å². The summed E-state index contributed by atoms with van der Waals surface area (Å²) in [5, 5.41) is 0. The number of esters is 1. The van der Waals surface area contributed by atoms with Crippen LogP contribution in [0.4, 0.5) is 22.0 Å². The van der Waals surface area contributed by atoms with Crippen LogP contribution >= 0.6 is 0 Å². The zero-order chi connectivity index (χ0) is 14.8. The van der Waals surface area contributed by atoms with E-state index in [2.05, 4.69) is 4.74 Å². The van der Waals surface area contributed by atoms with Crippen molar-refractivity contribution in [3.8, 4) is 0 Å². The van der Waals surface area contributed by atoms with Crippen molar-refractivity contribution in [1.82, 2.24) is 0 Å². The molecular formula is C11H10F5NO2. The summed E-state index contributed by atoms with van der Waals surface area (Å²) in [6.45, 7) is 0.901. The lowest BCUT2D eigenvalue weighted by Crippen LogP contribution is -2.42. The summed E-state index contributed by atoms with van der Waals surface area (Å²) in [6, 6.07) is -1.83. The van der Waals surface area contributed by atoms with Gasteiger partial charge in [0.15, 0.2) is 11.6 Å². The molecule has 1 atom stereocenters. The maximum Gasteiger partial charge on any atom is 0.379 e. The van der Waals surface area contributed by atoms with E-state index in [1.54, 1.807) is 0 Å². The molecule has 1 aromatic carbocycles. The van der Waals surface area contributed by atoms with Crippen LogP contribution in [-0.2, 0) is 9.53 Å². The van der Waals surface area contributed by atoms with Crippen LogP contribution in [0.1, 0.15) is 18.5 Å². The second kappa shape index (κ2) is 5.52. The number of hydrogen-bond acceptors (Lipinski definition) is 3. The van der Waals surface area contributed by atoms with Gasteiger partial charge in [0.25, 0.3) is 0 Å². The first-order valence-corrected chi connectivity index (χ1v) is 5.17. The summed E-state index contributed by atoms with van der Waals surface area (Å²) in [7, 11) is 0. The fourth-order valence-corrected chi connectivity index (χ4v) is 1.36. The lowest BCUT2D eigenvalue weighted by Gasteiger charge is -2.22. The maximum atomic E-state index is 13.5. The van der Waals surface area contributed by atoms with Crippen LogP contribution < -0.4 is 5.73 Å². The van der Waals surface area contributed by atoms with Crippen LogP contribution in [0.3, 0.4) is 0 Å². The lowest BCUT2D eigenvalue weighted by atomic mass is 10.00. The average molecular weight is 283 g/mol. The third kappa shape index (κ3) is 2.83. The number of ether oxygens (including phenoxy) is 1. The van der Waals surface area contributed by atoms with Crippen molar-refractivity contribution in [2.75, 3.05) is 6.61 Å². The molecule has 1 aromatic rings. The Morgan fingerprint density at radius 3 is 2.37 bits per heavy atom. The molecule has 0 heterocycles. The number of alkyl halides is 2. The predicted molar refractivity (Wildman–Crippen MR) is 54.8 cm³/mol. The van der Waals surface area contributed by atoms with Gasteiger partial charge in [0.2, 0.25) is 0 Å². The van der Waals surface area contributed by atoms with E-state index >= 15 is 0 Å². The molecule has 0 radical (unpaired) electrons. The second-order valence-electron chi connectivity index (χ2n) is 3.58. The average Bonchev–Trinajstić information content (AvgIpc) is 2.34. The number of nitrogens with two attached hydrogens (primary N) is 1. The molecule has 0 saturated heterocycles. The van der Waals surface area contributed by atoms with Crippen molar-refractivity contribution < 1.29 is 31.5 Å². The molecule has 19 heavy (non-hydrogen) atoms. The molecule has 0 aliphatic heterocycles. The fourth-order valence-electron chi connectivity index (χ4n) is 1.36. The van der Waals surface area contributed by atoms with E-state index in [0.717, 1.165) is 0 Å². The third-order valence-electron chi connectivity index (χ3n) is 2.33. The normalized spacial score (nSPS) is 13.2. The highest BCUT2D eigenvalue weighted by molar-refractivity contribution is 5.78. The molecular weight excluding hydrogens is 273 g/mol. The lowest BCUT2D eigenvalue weighted by molar-refractivity contribution is -0.175. The Balaban J connectivity index is 3.23. The van der Waals surface area contributed by atoms with Crippen LogP contribution in [0, 0.1) is 17.5 Å². The van der Waals surface area contributed by atoms with E-state index in [1.807, 2.05) is 0 Å². The Morgan fingerprint density at radius 2 is 1.84 bits per heavy atom. The third-order valence-corrected chi connectivity index (χ3v) is 2.33. The van der Waals surface area contributed by atoms with Crippen LogP contribution in [0.2, 0.25) is 0 Å². The van der Waals surface area contributed by atoms with Gasteiger partial charge in [-0.2, -0.15) is 8.78 Å². The van der Waals surface area contributed by atoms with Gasteiger partial charge in [-0.1, -0.05) is 0 Å². The Kier molecular flexibility index (Phi) is 4.46. The first-order valence-electron chi connectivity index (χ1n) is 5.17. The van der Waals surface area contributed by atoms with Crippen molar-refractivity contribution in [3.63, 3.8) is 0 Å². The van der Waals surface area contributed by atoms with E-state index in [9.17, 15) is 26.7 Å². The SMILES string of the molecule is CCOC(=O)C(F)(F)[C@@H](N)c1c(F)ccc(F)c1F. The zero-order valence-electron chi connectivity index (χ0n) is 9.72. The fraction of sp³-hybridized carbons (Fsp3) is 0.364. The van der Waals surface area contributed by atoms with Crippen molar-refractivity contribution >= 4 is 5.97 Å². The quantitative estimate of drug-likeness (QED) is 0.524. The zero-order valence-corrected chi connectivity index (χ0v) is 9.72. The molecule has 0 fully saturated rings. The Labute approximate surface area is 105 Å². The van der Waals surface area contributed by atoms with Crippen molar-refractivity contribution in [2.45, 2.75) is 18.9 Å². The Bertz CT molecular complexity index is 492. The molecule has 0 amide bonds. The largest absolute Gasteiger partial charge is 0.462 e. The smallest absolute Gasteiger partial charge is 0.379 e. The summed E-state index contributed by atoms with van der Waals surface area (Å²) in [4.78, 5) is 11.0. The van der Waals surface area contributed by atoms with Crippen molar-refractivity contribution in [3.05, 3.63) is 35.1 Å². The van der Waals surface area contributed by atoms with E-state index in [4.69, 9.17) is 5.73 Å². The molecule has 0 saturated carbocycles. The number of halogens is 5. The highest BCUT2D eigenvalue weighted by Crippen LogP contribution is 2.34. The first kappa shape index (κ1) is 15.4. The molecule has 0 aliphatic carbocycles. The van der Waals surface area contributed by atoms with Gasteiger partial charge >= 0.3 is 11.9 Å². The molecule has 0 unspecified atom stereocenters. The van der Waals surface area contributed by atoms with Crippen molar-refractivity contribution in [1.29, 1.82) is 0 Å². The second-order valence-corrected chi connectivity index (χ2v) is 3.58. The van der Waals surface area contributed by atoms with Gasteiger partial charge in [0.05, 0.1) is 12.2 Å². The summed E-state index contributed by atoms with van der Waals surface area (Å²) in [5.41, 5.74) is 3.57. The number of carbonyl (C=O) groups is 1.